The highest BCUT2D eigenvalue weighted by Crippen LogP contribution is 2.37. The molecule has 3 amide bonds. The topological polar surface area (TPSA) is 96.5 Å². The summed E-state index contributed by atoms with van der Waals surface area (Å²) in [6.45, 7) is 4.01. The van der Waals surface area contributed by atoms with Gasteiger partial charge < -0.3 is 20.7 Å². The summed E-state index contributed by atoms with van der Waals surface area (Å²) >= 11 is 1.42. The molecule has 47 heavy (non-hydrogen) atoms. The molecule has 0 saturated carbocycles. The fourth-order valence-corrected chi connectivity index (χ4v) is 5.77. The van der Waals surface area contributed by atoms with E-state index in [1.165, 1.54) is 11.8 Å². The van der Waals surface area contributed by atoms with E-state index in [1.807, 2.05) is 80.6 Å². The van der Waals surface area contributed by atoms with Crippen LogP contribution in [0.5, 0.6) is 5.75 Å². The van der Waals surface area contributed by atoms with Crippen molar-refractivity contribution in [1.82, 2.24) is 5.32 Å². The first-order valence-corrected chi connectivity index (χ1v) is 15.9. The monoisotopic (exact) mass is 641 g/mol. The number of hydrogen-bond donors (Lipinski definition) is 3. The summed E-state index contributed by atoms with van der Waals surface area (Å²) in [4.78, 5) is 40.9. The number of benzene rings is 5. The first-order valence-electron chi connectivity index (χ1n) is 15.0. The second-order valence-corrected chi connectivity index (χ2v) is 12.0. The van der Waals surface area contributed by atoms with Crippen LogP contribution in [0.1, 0.15) is 37.9 Å². The van der Waals surface area contributed by atoms with E-state index < -0.39 is 17.1 Å². The molecule has 0 saturated heterocycles. The third-order valence-corrected chi connectivity index (χ3v) is 8.79. The van der Waals surface area contributed by atoms with Gasteiger partial charge in [0.05, 0.1) is 7.11 Å². The molecule has 0 aliphatic carbocycles. The number of thioether (sulfide) groups is 1. The summed E-state index contributed by atoms with van der Waals surface area (Å²) in [6.07, 6.45) is 1.61. The van der Waals surface area contributed by atoms with Gasteiger partial charge in [0.1, 0.15) is 16.7 Å². The van der Waals surface area contributed by atoms with E-state index in [4.69, 9.17) is 4.74 Å². The zero-order chi connectivity index (χ0) is 33.2. The molecule has 0 aromatic heterocycles. The van der Waals surface area contributed by atoms with E-state index in [-0.39, 0.29) is 11.6 Å². The molecule has 0 aliphatic rings. The Morgan fingerprint density at radius 2 is 1.38 bits per heavy atom. The van der Waals surface area contributed by atoms with E-state index in [9.17, 15) is 14.4 Å². The van der Waals surface area contributed by atoms with Gasteiger partial charge in [0.25, 0.3) is 11.8 Å². The summed E-state index contributed by atoms with van der Waals surface area (Å²) in [5.41, 5.74) is 5.54. The molecule has 7 nitrogen and oxygen atoms in total. The zero-order valence-electron chi connectivity index (χ0n) is 26.3. The predicted molar refractivity (Wildman–Crippen MR) is 190 cm³/mol. The Hall–Kier alpha value is -5.60. The van der Waals surface area contributed by atoms with Crippen LogP contribution in [0.3, 0.4) is 0 Å². The summed E-state index contributed by atoms with van der Waals surface area (Å²) in [6, 6.07) is 38.6. The molecule has 1 atom stereocenters. The minimum absolute atomic E-state index is 0.0785. The van der Waals surface area contributed by atoms with E-state index >= 15 is 0 Å². The molecule has 1 unspecified atom stereocenters. The Bertz CT molecular complexity index is 1870. The van der Waals surface area contributed by atoms with Crippen molar-refractivity contribution in [2.24, 2.45) is 0 Å². The van der Waals surface area contributed by atoms with Crippen LogP contribution < -0.4 is 20.7 Å². The van der Waals surface area contributed by atoms with Crippen molar-refractivity contribution in [2.45, 2.75) is 24.0 Å². The van der Waals surface area contributed by atoms with Crippen LogP contribution in [-0.4, -0.2) is 24.8 Å². The highest BCUT2D eigenvalue weighted by Gasteiger charge is 2.23. The van der Waals surface area contributed by atoms with Crippen LogP contribution in [-0.2, 0) is 9.59 Å². The van der Waals surface area contributed by atoms with Gasteiger partial charge in [-0.1, -0.05) is 72.8 Å². The number of aryl methyl sites for hydroxylation is 1. The smallest absolute Gasteiger partial charge is 0.272 e. The molecule has 0 spiro atoms. The number of ether oxygens (including phenoxy) is 1. The fourth-order valence-electron chi connectivity index (χ4n) is 4.75. The minimum atomic E-state index is -0.510. The van der Waals surface area contributed by atoms with E-state index in [0.29, 0.717) is 22.6 Å². The number of anilines is 2. The van der Waals surface area contributed by atoms with E-state index in [2.05, 4.69) is 16.0 Å². The Morgan fingerprint density at radius 3 is 2.04 bits per heavy atom. The average molecular weight is 642 g/mol. The van der Waals surface area contributed by atoms with Crippen molar-refractivity contribution in [3.8, 4) is 5.75 Å². The van der Waals surface area contributed by atoms with Crippen molar-refractivity contribution in [3.63, 3.8) is 0 Å². The number of hydrogen-bond acceptors (Lipinski definition) is 5. The van der Waals surface area contributed by atoms with Gasteiger partial charge in [-0.2, -0.15) is 0 Å². The Labute approximate surface area is 279 Å². The maximum absolute atomic E-state index is 13.6. The van der Waals surface area contributed by atoms with Crippen LogP contribution >= 0.6 is 11.8 Å². The van der Waals surface area contributed by atoms with Gasteiger partial charge in [0.2, 0.25) is 5.91 Å². The lowest BCUT2D eigenvalue weighted by Crippen LogP contribution is -2.30. The predicted octanol–water partition coefficient (Wildman–Crippen LogP) is 8.19. The van der Waals surface area contributed by atoms with Crippen LogP contribution in [0, 0.1) is 13.8 Å². The number of carbonyl (C=O) groups excluding carboxylic acids is 3. The van der Waals surface area contributed by atoms with Gasteiger partial charge in [-0.05, 0) is 96.8 Å². The van der Waals surface area contributed by atoms with Crippen molar-refractivity contribution in [2.75, 3.05) is 17.7 Å². The average Bonchev–Trinajstić information content (AvgIpc) is 3.10. The Balaban J connectivity index is 1.33. The quantitative estimate of drug-likeness (QED) is 0.0998. The summed E-state index contributed by atoms with van der Waals surface area (Å²) in [5.74, 6) is -0.342. The van der Waals surface area contributed by atoms with Crippen molar-refractivity contribution in [3.05, 3.63) is 161 Å². The van der Waals surface area contributed by atoms with Gasteiger partial charge in [-0.3, -0.25) is 14.4 Å². The van der Waals surface area contributed by atoms with Gasteiger partial charge >= 0.3 is 0 Å². The van der Waals surface area contributed by atoms with Crippen LogP contribution in [0.25, 0.3) is 6.08 Å². The molecule has 5 rings (SSSR count). The van der Waals surface area contributed by atoms with Gasteiger partial charge in [-0.15, -0.1) is 11.8 Å². The number of amides is 3. The molecule has 0 radical (unpaired) electrons. The second kappa shape index (κ2) is 15.6. The van der Waals surface area contributed by atoms with Crippen LogP contribution in [0.4, 0.5) is 11.4 Å². The van der Waals surface area contributed by atoms with Gasteiger partial charge in [-0.25, -0.2) is 0 Å². The number of carbonyl (C=O) groups is 3. The maximum Gasteiger partial charge on any atom is 0.272 e. The second-order valence-electron chi connectivity index (χ2n) is 10.8. The summed E-state index contributed by atoms with van der Waals surface area (Å²) in [5, 5.41) is 8.24. The first kappa shape index (κ1) is 32.8. The van der Waals surface area contributed by atoms with Gasteiger partial charge in [0, 0.05) is 21.8 Å². The molecule has 0 heterocycles. The molecule has 236 valence electrons. The lowest BCUT2D eigenvalue weighted by molar-refractivity contribution is -0.116. The molecule has 3 N–H and O–H groups in total. The highest BCUT2D eigenvalue weighted by atomic mass is 32.2. The lowest BCUT2D eigenvalue weighted by Gasteiger charge is -2.19. The normalized spacial score (nSPS) is 11.7. The maximum atomic E-state index is 13.6. The summed E-state index contributed by atoms with van der Waals surface area (Å²) < 4.78 is 5.24. The zero-order valence-corrected chi connectivity index (χ0v) is 27.1. The standard InChI is InChI=1S/C39H35N3O4S/c1-26-11-10-16-34(27(26)2)41-39(45)36(29-12-6-4-7-13-29)47-33-23-19-31(20-24-33)40-38(44)35(25-28-17-21-32(46-3)22-18-28)42-37(43)30-14-8-5-9-15-30/h4-25,36H,1-3H3,(H,40,44)(H,41,45)(H,42,43)/b35-25-. The number of rotatable bonds is 11. The van der Waals surface area contributed by atoms with Crippen molar-refractivity contribution in [1.29, 1.82) is 0 Å². The minimum Gasteiger partial charge on any atom is -0.497 e. The molecular weight excluding hydrogens is 607 g/mol. The highest BCUT2D eigenvalue weighted by molar-refractivity contribution is 8.00. The Morgan fingerprint density at radius 1 is 0.723 bits per heavy atom. The van der Waals surface area contributed by atoms with Crippen molar-refractivity contribution < 1.29 is 19.1 Å². The van der Waals surface area contributed by atoms with Crippen LogP contribution in [0.15, 0.2) is 138 Å². The van der Waals surface area contributed by atoms with E-state index in [1.54, 1.807) is 73.8 Å². The third-order valence-electron chi connectivity index (χ3n) is 7.52. The largest absolute Gasteiger partial charge is 0.497 e. The molecule has 5 aromatic rings. The molecule has 0 fully saturated rings. The molecule has 8 heteroatoms. The van der Waals surface area contributed by atoms with Gasteiger partial charge in [0.15, 0.2) is 0 Å². The number of methoxy groups -OCH3 is 1. The van der Waals surface area contributed by atoms with Crippen molar-refractivity contribution >= 4 is 46.9 Å². The fraction of sp³-hybridized carbons (Fsp3) is 0.103. The number of nitrogens with one attached hydrogen (secondary N) is 3. The molecule has 5 aromatic carbocycles. The Kier molecular flexibility index (Phi) is 10.9. The third kappa shape index (κ3) is 8.77. The molecule has 0 bridgehead atoms. The summed E-state index contributed by atoms with van der Waals surface area (Å²) in [7, 11) is 1.58. The molecule has 0 aliphatic heterocycles. The SMILES string of the molecule is COc1ccc(/C=C(\NC(=O)c2ccccc2)C(=O)Nc2ccc(SC(C(=O)Nc3cccc(C)c3C)c3ccccc3)cc2)cc1. The van der Waals surface area contributed by atoms with E-state index in [0.717, 1.165) is 27.3 Å². The molecular formula is C39H35N3O4S. The lowest BCUT2D eigenvalue weighted by atomic mass is 10.1. The first-order chi connectivity index (χ1) is 22.8. The van der Waals surface area contributed by atoms with Crippen LogP contribution in [0.2, 0.25) is 0 Å².